The zero-order valence-corrected chi connectivity index (χ0v) is 19.4. The molecule has 3 aromatic rings. The number of hydrogen-bond donors (Lipinski definition) is 0. The molecular weight excluding hydrogens is 502 g/mol. The number of nitro groups is 1. The maximum Gasteiger partial charge on any atom is 0.313 e. The van der Waals surface area contributed by atoms with Crippen molar-refractivity contribution in [1.82, 2.24) is 9.66 Å². The normalized spacial score (nSPS) is 12.1. The lowest BCUT2D eigenvalue weighted by Gasteiger charge is -2.14. The van der Waals surface area contributed by atoms with Crippen LogP contribution in [-0.2, 0) is 0 Å². The molecule has 1 aromatic heterocycles. The quantitative estimate of drug-likeness (QED) is 0.246. The van der Waals surface area contributed by atoms with Gasteiger partial charge in [0.05, 0.1) is 22.0 Å². The molecule has 0 amide bonds. The molecule has 3 rings (SSSR count). The summed E-state index contributed by atoms with van der Waals surface area (Å²) in [6.07, 6.45) is 1.95. The number of aromatic nitrogens is 2. The van der Waals surface area contributed by atoms with Crippen LogP contribution in [0.2, 0.25) is 5.02 Å². The second-order valence-electron chi connectivity index (χ2n) is 6.85. The lowest BCUT2D eigenvalue weighted by molar-refractivity contribution is -0.385. The molecule has 11 heteroatoms. The van der Waals surface area contributed by atoms with Gasteiger partial charge in [-0.15, -0.1) is 0 Å². The van der Waals surface area contributed by atoms with Gasteiger partial charge in [-0.05, 0) is 30.7 Å². The van der Waals surface area contributed by atoms with E-state index in [0.717, 1.165) is 6.07 Å². The number of benzene rings is 2. The smallest absolute Gasteiger partial charge is 0.313 e. The molecule has 0 unspecified atom stereocenters. The van der Waals surface area contributed by atoms with Crippen LogP contribution in [0.3, 0.4) is 0 Å². The first-order chi connectivity index (χ1) is 15.3. The minimum Gasteiger partial charge on any atom is -0.471 e. The van der Waals surface area contributed by atoms with E-state index < -0.39 is 17.2 Å². The van der Waals surface area contributed by atoms with Crippen molar-refractivity contribution in [2.75, 3.05) is 6.61 Å². The Hall–Kier alpha value is -3.29. The number of rotatable bonds is 7. The molecule has 2 aromatic carbocycles. The largest absolute Gasteiger partial charge is 0.471 e. The van der Waals surface area contributed by atoms with Crippen LogP contribution in [0.4, 0.5) is 5.69 Å². The van der Waals surface area contributed by atoms with E-state index in [9.17, 15) is 14.9 Å². The van der Waals surface area contributed by atoms with E-state index in [4.69, 9.17) is 21.6 Å². The summed E-state index contributed by atoms with van der Waals surface area (Å²) in [5.74, 6) is 0.190. The van der Waals surface area contributed by atoms with Crippen LogP contribution < -0.4 is 10.3 Å². The maximum atomic E-state index is 13.2. The predicted molar refractivity (Wildman–Crippen MR) is 125 cm³/mol. The molecule has 0 fully saturated rings. The van der Waals surface area contributed by atoms with E-state index >= 15 is 0 Å². The summed E-state index contributed by atoms with van der Waals surface area (Å²) < 4.78 is 7.16. The van der Waals surface area contributed by atoms with Crippen molar-refractivity contribution in [3.8, 4) is 11.8 Å². The van der Waals surface area contributed by atoms with Crippen LogP contribution in [-0.4, -0.2) is 27.4 Å². The number of nitriles is 1. The Labute approximate surface area is 196 Å². The molecule has 0 bridgehead atoms. The molecule has 32 heavy (non-hydrogen) atoms. The molecule has 0 aliphatic rings. The molecule has 0 spiro atoms. The van der Waals surface area contributed by atoms with Crippen molar-refractivity contribution < 1.29 is 9.66 Å². The van der Waals surface area contributed by atoms with Gasteiger partial charge in [-0.2, -0.15) is 15.0 Å². The molecule has 1 heterocycles. The van der Waals surface area contributed by atoms with Gasteiger partial charge in [0.2, 0.25) is 5.75 Å². The topological polar surface area (TPSA) is 123 Å². The van der Waals surface area contributed by atoms with E-state index in [0.29, 0.717) is 27.6 Å². The third-order valence-electron chi connectivity index (χ3n) is 4.74. The van der Waals surface area contributed by atoms with Gasteiger partial charge in [0.25, 0.3) is 5.56 Å². The van der Waals surface area contributed by atoms with Crippen molar-refractivity contribution in [3.05, 3.63) is 71.7 Å². The van der Waals surface area contributed by atoms with Crippen LogP contribution in [0.5, 0.6) is 5.75 Å². The minimum atomic E-state index is -0.665. The Morgan fingerprint density at radius 3 is 2.84 bits per heavy atom. The molecule has 164 valence electrons. The second kappa shape index (κ2) is 9.89. The van der Waals surface area contributed by atoms with Crippen LogP contribution in [0.1, 0.15) is 37.6 Å². The van der Waals surface area contributed by atoms with Gasteiger partial charge < -0.3 is 4.74 Å². The third-order valence-corrected chi connectivity index (χ3v) is 5.45. The summed E-state index contributed by atoms with van der Waals surface area (Å²) in [5.41, 5.74) is -0.115. The standard InChI is InChI=1S/C21H17BrClN5O4/c1-3-12(2)20-26-17-5-4-14(22)9-16(17)21(29)27(20)25-11-13-8-15(23)10-18(28(30)31)19(13)32-7-6-24/h4-5,8-12H,3,7H2,1-2H3/t12-/m1/s1. The van der Waals surface area contributed by atoms with Gasteiger partial charge in [-0.1, -0.05) is 41.4 Å². The predicted octanol–water partition coefficient (Wildman–Crippen LogP) is 5.02. The Kier molecular flexibility index (Phi) is 7.22. The lowest BCUT2D eigenvalue weighted by Crippen LogP contribution is -2.23. The number of nitro benzene ring substituents is 1. The molecule has 0 radical (unpaired) electrons. The van der Waals surface area contributed by atoms with Crippen molar-refractivity contribution >= 4 is 50.3 Å². The van der Waals surface area contributed by atoms with Gasteiger partial charge >= 0.3 is 5.69 Å². The van der Waals surface area contributed by atoms with E-state index in [1.54, 1.807) is 24.3 Å². The number of nitrogens with zero attached hydrogens (tertiary/aromatic N) is 5. The Balaban J connectivity index is 2.24. The highest BCUT2D eigenvalue weighted by atomic mass is 79.9. The van der Waals surface area contributed by atoms with E-state index in [2.05, 4.69) is 26.0 Å². The minimum absolute atomic E-state index is 0.0810. The zero-order chi connectivity index (χ0) is 23.4. The average molecular weight is 519 g/mol. The molecule has 0 N–H and O–H groups in total. The summed E-state index contributed by atoms with van der Waals surface area (Å²) in [7, 11) is 0. The Morgan fingerprint density at radius 2 is 2.19 bits per heavy atom. The first kappa shape index (κ1) is 23.4. The first-order valence-corrected chi connectivity index (χ1v) is 10.7. The van der Waals surface area contributed by atoms with Crippen molar-refractivity contribution in [1.29, 1.82) is 5.26 Å². The molecule has 0 aliphatic heterocycles. The lowest BCUT2D eigenvalue weighted by atomic mass is 10.1. The molecule has 9 nitrogen and oxygen atoms in total. The SMILES string of the molecule is CC[C@@H](C)c1nc2ccc(Br)cc2c(=O)n1N=Cc1cc(Cl)cc([N+](=O)[O-])c1OCC#N. The van der Waals surface area contributed by atoms with E-state index in [1.165, 1.54) is 17.0 Å². The average Bonchev–Trinajstić information content (AvgIpc) is 2.76. The summed E-state index contributed by atoms with van der Waals surface area (Å²) in [6, 6.07) is 9.50. The van der Waals surface area contributed by atoms with Gasteiger partial charge in [-0.3, -0.25) is 14.9 Å². The molecule has 0 saturated heterocycles. The molecule has 0 saturated carbocycles. The molecule has 1 atom stereocenters. The Morgan fingerprint density at radius 1 is 1.44 bits per heavy atom. The summed E-state index contributed by atoms with van der Waals surface area (Å²) in [6.45, 7) is 3.47. The van der Waals surface area contributed by atoms with Gasteiger partial charge in [-0.25, -0.2) is 4.98 Å². The summed E-state index contributed by atoms with van der Waals surface area (Å²) in [5, 5.41) is 25.0. The number of hydrogen-bond acceptors (Lipinski definition) is 7. The van der Waals surface area contributed by atoms with Crippen molar-refractivity contribution in [2.24, 2.45) is 5.10 Å². The number of ether oxygens (including phenoxy) is 1. The highest BCUT2D eigenvalue weighted by Crippen LogP contribution is 2.33. The molecule has 0 aliphatic carbocycles. The maximum absolute atomic E-state index is 13.2. The molecular formula is C21H17BrClN5O4. The number of halogens is 2. The van der Waals surface area contributed by atoms with Crippen molar-refractivity contribution in [3.63, 3.8) is 0 Å². The van der Waals surface area contributed by atoms with Gasteiger partial charge in [0.1, 0.15) is 11.9 Å². The highest BCUT2D eigenvalue weighted by Gasteiger charge is 2.21. The third kappa shape index (κ3) is 4.79. The second-order valence-corrected chi connectivity index (χ2v) is 8.20. The van der Waals surface area contributed by atoms with Crippen molar-refractivity contribution in [2.45, 2.75) is 26.2 Å². The summed E-state index contributed by atoms with van der Waals surface area (Å²) >= 11 is 9.40. The fourth-order valence-corrected chi connectivity index (χ4v) is 3.57. The van der Waals surface area contributed by atoms with Crippen LogP contribution in [0, 0.1) is 21.4 Å². The van der Waals surface area contributed by atoms with Crippen LogP contribution in [0.25, 0.3) is 10.9 Å². The van der Waals surface area contributed by atoms with Crippen LogP contribution in [0.15, 0.2) is 44.7 Å². The first-order valence-electron chi connectivity index (χ1n) is 9.51. The van der Waals surface area contributed by atoms with E-state index in [-0.39, 0.29) is 27.8 Å². The Bertz CT molecular complexity index is 1330. The monoisotopic (exact) mass is 517 g/mol. The highest BCUT2D eigenvalue weighted by molar-refractivity contribution is 9.10. The van der Waals surface area contributed by atoms with Crippen LogP contribution >= 0.6 is 27.5 Å². The van der Waals surface area contributed by atoms with Gasteiger partial charge in [0.15, 0.2) is 6.61 Å². The van der Waals surface area contributed by atoms with E-state index in [1.807, 2.05) is 13.8 Å². The number of fused-ring (bicyclic) bond motifs is 1. The fraction of sp³-hybridized carbons (Fsp3) is 0.238. The fourth-order valence-electron chi connectivity index (χ4n) is 2.99. The zero-order valence-electron chi connectivity index (χ0n) is 17.1. The summed E-state index contributed by atoms with van der Waals surface area (Å²) in [4.78, 5) is 28.6. The van der Waals surface area contributed by atoms with Gasteiger partial charge in [0, 0.05) is 27.0 Å².